The van der Waals surface area contributed by atoms with E-state index in [1.165, 1.54) is 0 Å². The van der Waals surface area contributed by atoms with Crippen LogP contribution in [0, 0.1) is 0 Å². The van der Waals surface area contributed by atoms with Crippen LogP contribution in [-0.2, 0) is 11.3 Å². The topological polar surface area (TPSA) is 60.8 Å². The normalized spacial score (nSPS) is 18.9. The molecule has 2 rings (SSSR count). The molecule has 1 aromatic carbocycles. The first-order chi connectivity index (χ1) is 9.89. The summed E-state index contributed by atoms with van der Waals surface area (Å²) in [5, 5.41) is 19.4. The van der Waals surface area contributed by atoms with Crippen molar-refractivity contribution in [2.45, 2.75) is 50.7 Å². The highest BCUT2D eigenvalue weighted by atomic mass is 16.4. The summed E-state index contributed by atoms with van der Waals surface area (Å²) >= 11 is 0. The molecule has 1 saturated carbocycles. The van der Waals surface area contributed by atoms with E-state index < -0.39 is 17.5 Å². The van der Waals surface area contributed by atoms with Crippen molar-refractivity contribution in [2.75, 3.05) is 13.6 Å². The average molecular weight is 291 g/mol. The minimum absolute atomic E-state index is 0.476. The molecule has 21 heavy (non-hydrogen) atoms. The summed E-state index contributed by atoms with van der Waals surface area (Å²) < 4.78 is 0. The molecule has 1 aliphatic carbocycles. The summed E-state index contributed by atoms with van der Waals surface area (Å²) in [4.78, 5) is 13.1. The molecule has 1 aromatic rings. The molecule has 0 aliphatic heterocycles. The summed E-state index contributed by atoms with van der Waals surface area (Å²) in [7, 11) is 2.02. The number of carboxylic acids is 1. The van der Waals surface area contributed by atoms with Crippen LogP contribution in [0.1, 0.15) is 49.7 Å². The summed E-state index contributed by atoms with van der Waals surface area (Å²) in [6.45, 7) is 3.16. The molecule has 0 spiro atoms. The van der Waals surface area contributed by atoms with E-state index in [1.54, 1.807) is 6.92 Å². The van der Waals surface area contributed by atoms with E-state index in [1.807, 2.05) is 31.3 Å². The van der Waals surface area contributed by atoms with Crippen molar-refractivity contribution in [1.29, 1.82) is 0 Å². The van der Waals surface area contributed by atoms with Gasteiger partial charge >= 0.3 is 5.97 Å². The SMILES string of the molecule is CC(C(=O)O)c1ccc(CN(C)CC2(O)CCCC2)cc1. The number of rotatable bonds is 6. The maximum absolute atomic E-state index is 11.0. The van der Waals surface area contributed by atoms with Crippen LogP contribution in [0.3, 0.4) is 0 Å². The third kappa shape index (κ3) is 4.29. The monoisotopic (exact) mass is 291 g/mol. The Morgan fingerprint density at radius 3 is 2.38 bits per heavy atom. The van der Waals surface area contributed by atoms with Gasteiger partial charge in [0.05, 0.1) is 11.5 Å². The molecule has 2 N–H and O–H groups in total. The first-order valence-corrected chi connectivity index (χ1v) is 7.62. The number of hydrogen-bond donors (Lipinski definition) is 2. The summed E-state index contributed by atoms with van der Waals surface area (Å²) in [5.74, 6) is -1.28. The number of aliphatic carboxylic acids is 1. The number of hydrogen-bond acceptors (Lipinski definition) is 3. The first-order valence-electron chi connectivity index (χ1n) is 7.62. The largest absolute Gasteiger partial charge is 0.481 e. The third-order valence-corrected chi connectivity index (χ3v) is 4.40. The fourth-order valence-corrected chi connectivity index (χ4v) is 3.12. The molecule has 4 nitrogen and oxygen atoms in total. The van der Waals surface area contributed by atoms with Crippen LogP contribution in [0.2, 0.25) is 0 Å². The first kappa shape index (κ1) is 16.0. The lowest BCUT2D eigenvalue weighted by atomic mass is 9.99. The number of likely N-dealkylation sites (N-methyl/N-ethyl adjacent to an activating group) is 1. The minimum Gasteiger partial charge on any atom is -0.481 e. The molecule has 0 amide bonds. The van der Waals surface area contributed by atoms with Crippen LogP contribution in [0.4, 0.5) is 0 Å². The number of aliphatic hydroxyl groups is 1. The Balaban J connectivity index is 1.92. The Morgan fingerprint density at radius 1 is 1.29 bits per heavy atom. The van der Waals surface area contributed by atoms with Gasteiger partial charge in [0.15, 0.2) is 0 Å². The van der Waals surface area contributed by atoms with Crippen molar-refractivity contribution in [2.24, 2.45) is 0 Å². The van der Waals surface area contributed by atoms with E-state index in [0.717, 1.165) is 43.4 Å². The van der Waals surface area contributed by atoms with Gasteiger partial charge in [0.1, 0.15) is 0 Å². The number of carbonyl (C=O) groups is 1. The highest BCUT2D eigenvalue weighted by Gasteiger charge is 2.32. The van der Waals surface area contributed by atoms with Gasteiger partial charge in [-0.2, -0.15) is 0 Å². The van der Waals surface area contributed by atoms with Crippen LogP contribution in [-0.4, -0.2) is 40.3 Å². The van der Waals surface area contributed by atoms with E-state index >= 15 is 0 Å². The lowest BCUT2D eigenvalue weighted by molar-refractivity contribution is -0.138. The Kier molecular flexibility index (Phi) is 5.01. The van der Waals surface area contributed by atoms with Crippen LogP contribution in [0.25, 0.3) is 0 Å². The quantitative estimate of drug-likeness (QED) is 0.846. The van der Waals surface area contributed by atoms with Crippen molar-refractivity contribution in [3.8, 4) is 0 Å². The molecular formula is C17H25NO3. The molecule has 1 atom stereocenters. The standard InChI is InChI=1S/C17H25NO3/c1-13(16(19)20)15-7-5-14(6-8-15)11-18(2)12-17(21)9-3-4-10-17/h5-8,13,21H,3-4,9-12H2,1-2H3,(H,19,20). The van der Waals surface area contributed by atoms with Gasteiger partial charge in [0.2, 0.25) is 0 Å². The number of nitrogens with zero attached hydrogens (tertiary/aromatic N) is 1. The zero-order chi connectivity index (χ0) is 15.5. The highest BCUT2D eigenvalue weighted by Crippen LogP contribution is 2.30. The summed E-state index contributed by atoms with van der Waals surface area (Å²) in [6, 6.07) is 7.71. The van der Waals surface area contributed by atoms with E-state index in [0.29, 0.717) is 6.54 Å². The molecule has 0 heterocycles. The number of carboxylic acid groups (broad SMARTS) is 1. The van der Waals surface area contributed by atoms with Crippen molar-refractivity contribution < 1.29 is 15.0 Å². The molecule has 1 fully saturated rings. The van der Waals surface area contributed by atoms with Gasteiger partial charge in [0, 0.05) is 13.1 Å². The molecule has 0 aromatic heterocycles. The van der Waals surface area contributed by atoms with E-state index in [2.05, 4.69) is 4.90 Å². The maximum atomic E-state index is 11.0. The predicted octanol–water partition coefficient (Wildman–Crippen LogP) is 2.61. The molecule has 1 aliphatic rings. The zero-order valence-electron chi connectivity index (χ0n) is 12.9. The fourth-order valence-electron chi connectivity index (χ4n) is 3.12. The zero-order valence-corrected chi connectivity index (χ0v) is 12.9. The highest BCUT2D eigenvalue weighted by molar-refractivity contribution is 5.75. The average Bonchev–Trinajstić information content (AvgIpc) is 2.84. The van der Waals surface area contributed by atoms with Gasteiger partial charge in [-0.25, -0.2) is 0 Å². The van der Waals surface area contributed by atoms with Crippen LogP contribution in [0.5, 0.6) is 0 Å². The Bertz CT molecular complexity index is 477. The Morgan fingerprint density at radius 2 is 1.86 bits per heavy atom. The molecule has 0 radical (unpaired) electrons. The molecule has 1 unspecified atom stereocenters. The summed E-state index contributed by atoms with van der Waals surface area (Å²) in [5.41, 5.74) is 1.44. The Hall–Kier alpha value is -1.39. The van der Waals surface area contributed by atoms with Crippen LogP contribution < -0.4 is 0 Å². The summed E-state index contributed by atoms with van der Waals surface area (Å²) in [6.07, 6.45) is 4.02. The second kappa shape index (κ2) is 6.58. The van der Waals surface area contributed by atoms with E-state index in [-0.39, 0.29) is 0 Å². The van der Waals surface area contributed by atoms with E-state index in [4.69, 9.17) is 5.11 Å². The third-order valence-electron chi connectivity index (χ3n) is 4.40. The van der Waals surface area contributed by atoms with Gasteiger partial charge in [-0.05, 0) is 37.9 Å². The Labute approximate surface area is 126 Å². The van der Waals surface area contributed by atoms with Crippen LogP contribution in [0.15, 0.2) is 24.3 Å². The van der Waals surface area contributed by atoms with Crippen molar-refractivity contribution >= 4 is 5.97 Å². The van der Waals surface area contributed by atoms with Gasteiger partial charge in [-0.1, -0.05) is 37.1 Å². The van der Waals surface area contributed by atoms with Crippen molar-refractivity contribution in [1.82, 2.24) is 4.90 Å². The molecule has 0 bridgehead atoms. The molecular weight excluding hydrogens is 266 g/mol. The number of benzene rings is 1. The van der Waals surface area contributed by atoms with Gasteiger partial charge in [-0.3, -0.25) is 9.69 Å². The lowest BCUT2D eigenvalue weighted by Gasteiger charge is -2.28. The van der Waals surface area contributed by atoms with E-state index in [9.17, 15) is 9.90 Å². The fraction of sp³-hybridized carbons (Fsp3) is 0.588. The van der Waals surface area contributed by atoms with Crippen LogP contribution >= 0.6 is 0 Å². The molecule has 4 heteroatoms. The lowest BCUT2D eigenvalue weighted by Crippen LogP contribution is -2.38. The smallest absolute Gasteiger partial charge is 0.310 e. The van der Waals surface area contributed by atoms with Crippen molar-refractivity contribution in [3.63, 3.8) is 0 Å². The second-order valence-corrected chi connectivity index (χ2v) is 6.41. The second-order valence-electron chi connectivity index (χ2n) is 6.41. The van der Waals surface area contributed by atoms with Gasteiger partial charge < -0.3 is 10.2 Å². The van der Waals surface area contributed by atoms with Crippen molar-refractivity contribution in [3.05, 3.63) is 35.4 Å². The van der Waals surface area contributed by atoms with Gasteiger partial charge in [-0.15, -0.1) is 0 Å². The molecule has 0 saturated heterocycles. The molecule has 116 valence electrons. The predicted molar refractivity (Wildman–Crippen MR) is 82.2 cm³/mol. The van der Waals surface area contributed by atoms with Gasteiger partial charge in [0.25, 0.3) is 0 Å². The minimum atomic E-state index is -0.802. The maximum Gasteiger partial charge on any atom is 0.310 e.